The van der Waals surface area contributed by atoms with E-state index in [1.165, 1.54) is 17.8 Å². The average molecular weight is 498 g/mol. The fourth-order valence-electron chi connectivity index (χ4n) is 5.16. The summed E-state index contributed by atoms with van der Waals surface area (Å²) in [5.41, 5.74) is 3.96. The van der Waals surface area contributed by atoms with E-state index in [0.29, 0.717) is 30.0 Å². The van der Waals surface area contributed by atoms with Crippen molar-refractivity contribution in [3.63, 3.8) is 0 Å². The maximum Gasteiger partial charge on any atom is 0.225 e. The molecule has 5 aromatic rings. The average Bonchev–Trinajstić information content (AvgIpc) is 3.50. The minimum Gasteiger partial charge on any atom is -0.355 e. The SMILES string of the molecule is Cc1ccc(-n2cc3c(N4CCCC(C(=O)NCc5cc6ccccc6n5C)C4)ncnc3n2)cc1F. The maximum atomic E-state index is 14.1. The second kappa shape index (κ2) is 9.31. The Bertz CT molecular complexity index is 1620. The molecule has 1 atom stereocenters. The molecule has 3 aromatic heterocycles. The monoisotopic (exact) mass is 497 g/mol. The third-order valence-electron chi connectivity index (χ3n) is 7.30. The first-order chi connectivity index (χ1) is 18.0. The van der Waals surface area contributed by atoms with Gasteiger partial charge >= 0.3 is 0 Å². The molecule has 1 aliphatic rings. The number of para-hydroxylation sites is 1. The highest BCUT2D eigenvalue weighted by Crippen LogP contribution is 2.28. The van der Waals surface area contributed by atoms with Crippen LogP contribution in [0.2, 0.25) is 0 Å². The van der Waals surface area contributed by atoms with Crippen LogP contribution < -0.4 is 10.2 Å². The van der Waals surface area contributed by atoms with Gasteiger partial charge in [0, 0.05) is 37.5 Å². The van der Waals surface area contributed by atoms with Gasteiger partial charge in [-0.15, -0.1) is 5.10 Å². The molecule has 188 valence electrons. The molecule has 0 bridgehead atoms. The van der Waals surface area contributed by atoms with Crippen molar-refractivity contribution in [2.45, 2.75) is 26.3 Å². The smallest absolute Gasteiger partial charge is 0.225 e. The zero-order valence-corrected chi connectivity index (χ0v) is 20.9. The maximum absolute atomic E-state index is 14.1. The number of carbonyl (C=O) groups excluding carboxylic acids is 1. The van der Waals surface area contributed by atoms with Crippen molar-refractivity contribution in [1.29, 1.82) is 0 Å². The van der Waals surface area contributed by atoms with E-state index in [0.717, 1.165) is 41.8 Å². The molecule has 6 rings (SSSR count). The summed E-state index contributed by atoms with van der Waals surface area (Å²) >= 11 is 0. The van der Waals surface area contributed by atoms with Gasteiger partial charge in [-0.3, -0.25) is 4.79 Å². The molecule has 4 heterocycles. The molecule has 1 aliphatic heterocycles. The van der Waals surface area contributed by atoms with E-state index in [2.05, 4.69) is 48.0 Å². The van der Waals surface area contributed by atoms with E-state index in [9.17, 15) is 9.18 Å². The summed E-state index contributed by atoms with van der Waals surface area (Å²) in [6.45, 7) is 3.58. The summed E-state index contributed by atoms with van der Waals surface area (Å²) in [6, 6.07) is 15.4. The zero-order valence-electron chi connectivity index (χ0n) is 20.9. The summed E-state index contributed by atoms with van der Waals surface area (Å²) < 4.78 is 17.9. The van der Waals surface area contributed by atoms with Crippen molar-refractivity contribution in [2.75, 3.05) is 18.0 Å². The minimum absolute atomic E-state index is 0.0473. The summed E-state index contributed by atoms with van der Waals surface area (Å²) in [5, 5.41) is 9.63. The Morgan fingerprint density at radius 2 is 2.03 bits per heavy atom. The van der Waals surface area contributed by atoms with Crippen LogP contribution in [0.5, 0.6) is 0 Å². The number of halogens is 1. The Kier molecular flexibility index (Phi) is 5.82. The van der Waals surface area contributed by atoms with E-state index in [4.69, 9.17) is 0 Å². The quantitative estimate of drug-likeness (QED) is 0.392. The molecule has 0 aliphatic carbocycles. The fraction of sp³-hybridized carbons (Fsp3) is 0.286. The number of rotatable bonds is 5. The Morgan fingerprint density at radius 3 is 2.86 bits per heavy atom. The number of nitrogens with zero attached hydrogens (tertiary/aromatic N) is 6. The minimum atomic E-state index is -0.281. The van der Waals surface area contributed by atoms with E-state index >= 15 is 0 Å². The van der Waals surface area contributed by atoms with E-state index in [1.807, 2.05) is 31.4 Å². The van der Waals surface area contributed by atoms with Gasteiger partial charge in [0.25, 0.3) is 0 Å². The number of carbonyl (C=O) groups is 1. The van der Waals surface area contributed by atoms with Crippen LogP contribution in [0, 0.1) is 18.7 Å². The van der Waals surface area contributed by atoms with Gasteiger partial charge in [-0.25, -0.2) is 19.0 Å². The number of nitrogens with one attached hydrogen (secondary N) is 1. The lowest BCUT2D eigenvalue weighted by molar-refractivity contribution is -0.125. The summed E-state index contributed by atoms with van der Waals surface area (Å²) in [5.74, 6) is 0.368. The van der Waals surface area contributed by atoms with Crippen LogP contribution in [0.1, 0.15) is 24.1 Å². The van der Waals surface area contributed by atoms with Gasteiger partial charge in [0.05, 0.1) is 23.5 Å². The molecule has 0 saturated carbocycles. The molecule has 2 aromatic carbocycles. The zero-order chi connectivity index (χ0) is 25.5. The van der Waals surface area contributed by atoms with Crippen molar-refractivity contribution >= 4 is 33.7 Å². The van der Waals surface area contributed by atoms with E-state index in [1.54, 1.807) is 17.7 Å². The fourth-order valence-corrected chi connectivity index (χ4v) is 5.16. The lowest BCUT2D eigenvalue weighted by atomic mass is 9.97. The second-order valence-electron chi connectivity index (χ2n) is 9.70. The molecule has 37 heavy (non-hydrogen) atoms. The number of aryl methyl sites for hydroxylation is 2. The van der Waals surface area contributed by atoms with Crippen LogP contribution >= 0.6 is 0 Å². The van der Waals surface area contributed by atoms with Crippen LogP contribution in [-0.4, -0.2) is 43.3 Å². The molecule has 1 N–H and O–H groups in total. The molecule has 1 fully saturated rings. The third-order valence-corrected chi connectivity index (χ3v) is 7.30. The predicted molar refractivity (Wildman–Crippen MR) is 141 cm³/mol. The summed E-state index contributed by atoms with van der Waals surface area (Å²) in [7, 11) is 2.03. The first-order valence-corrected chi connectivity index (χ1v) is 12.5. The molecule has 0 radical (unpaired) electrons. The highest BCUT2D eigenvalue weighted by molar-refractivity contribution is 5.87. The summed E-state index contributed by atoms with van der Waals surface area (Å²) in [6.07, 6.45) is 5.04. The number of hydrogen-bond donors (Lipinski definition) is 1. The third kappa shape index (κ3) is 4.30. The van der Waals surface area contributed by atoms with Crippen LogP contribution in [0.4, 0.5) is 10.2 Å². The number of amides is 1. The van der Waals surface area contributed by atoms with Gasteiger partial charge in [-0.2, -0.15) is 0 Å². The molecule has 1 saturated heterocycles. The number of benzene rings is 2. The highest BCUT2D eigenvalue weighted by Gasteiger charge is 2.28. The van der Waals surface area contributed by atoms with Crippen molar-refractivity contribution in [1.82, 2.24) is 29.6 Å². The second-order valence-corrected chi connectivity index (χ2v) is 9.70. The number of anilines is 1. The molecular weight excluding hydrogens is 469 g/mol. The van der Waals surface area contributed by atoms with Gasteiger partial charge in [0.2, 0.25) is 5.91 Å². The van der Waals surface area contributed by atoms with Crippen LogP contribution in [0.25, 0.3) is 27.6 Å². The van der Waals surface area contributed by atoms with Gasteiger partial charge in [0.1, 0.15) is 18.0 Å². The molecule has 1 amide bonds. The van der Waals surface area contributed by atoms with Crippen molar-refractivity contribution < 1.29 is 9.18 Å². The lowest BCUT2D eigenvalue weighted by Gasteiger charge is -2.33. The lowest BCUT2D eigenvalue weighted by Crippen LogP contribution is -2.43. The number of aromatic nitrogens is 5. The van der Waals surface area contributed by atoms with Gasteiger partial charge in [0.15, 0.2) is 5.65 Å². The standard InChI is InChI=1S/C28H28FN7O/c1-18-9-10-21(13-24(18)29)36-16-23-26(33-36)31-17-32-27(23)35-11-5-7-20(15-35)28(37)30-14-22-12-19-6-3-4-8-25(19)34(22)2/h3-4,6,8-10,12-13,16-17,20H,5,7,11,14-15H2,1-2H3,(H,30,37). The Hall–Kier alpha value is -4.27. The Balaban J connectivity index is 1.19. The topological polar surface area (TPSA) is 80.9 Å². The number of fused-ring (bicyclic) bond motifs is 2. The van der Waals surface area contributed by atoms with Crippen molar-refractivity contribution in [2.24, 2.45) is 13.0 Å². The summed E-state index contributed by atoms with van der Waals surface area (Å²) in [4.78, 5) is 24.2. The van der Waals surface area contributed by atoms with Gasteiger partial charge in [-0.05, 0) is 55.0 Å². The van der Waals surface area contributed by atoms with Crippen molar-refractivity contribution in [3.8, 4) is 5.69 Å². The molecule has 0 spiro atoms. The van der Waals surface area contributed by atoms with Crippen LogP contribution in [0.15, 0.2) is 61.1 Å². The molecule has 9 heteroatoms. The molecular formula is C28H28FN7O. The van der Waals surface area contributed by atoms with E-state index in [-0.39, 0.29) is 17.6 Å². The largest absolute Gasteiger partial charge is 0.355 e. The van der Waals surface area contributed by atoms with Gasteiger partial charge in [-0.1, -0.05) is 24.3 Å². The first-order valence-electron chi connectivity index (χ1n) is 12.5. The van der Waals surface area contributed by atoms with Crippen LogP contribution in [-0.2, 0) is 18.4 Å². The first kappa shape index (κ1) is 23.1. The van der Waals surface area contributed by atoms with E-state index < -0.39 is 0 Å². The highest BCUT2D eigenvalue weighted by atomic mass is 19.1. The number of hydrogen-bond acceptors (Lipinski definition) is 5. The molecule has 8 nitrogen and oxygen atoms in total. The predicted octanol–water partition coefficient (Wildman–Crippen LogP) is 4.29. The van der Waals surface area contributed by atoms with Crippen molar-refractivity contribution in [3.05, 3.63) is 78.1 Å². The Labute approximate surface area is 213 Å². The Morgan fingerprint density at radius 1 is 1.16 bits per heavy atom. The normalized spacial score (nSPS) is 16.0. The van der Waals surface area contributed by atoms with Crippen LogP contribution in [0.3, 0.4) is 0 Å². The number of piperidine rings is 1. The van der Waals surface area contributed by atoms with Gasteiger partial charge < -0.3 is 14.8 Å². The molecule has 1 unspecified atom stereocenters.